The van der Waals surface area contributed by atoms with Crippen LogP contribution in [-0.2, 0) is 6.61 Å². The molecule has 0 aromatic heterocycles. The highest BCUT2D eigenvalue weighted by Crippen LogP contribution is 2.28. The van der Waals surface area contributed by atoms with E-state index in [1.54, 1.807) is 19.1 Å². The van der Waals surface area contributed by atoms with E-state index in [1.807, 2.05) is 13.0 Å². The Balaban J connectivity index is 2.27. The Morgan fingerprint density at radius 2 is 1.95 bits per heavy atom. The second-order valence-electron chi connectivity index (χ2n) is 4.83. The fourth-order valence-electron chi connectivity index (χ4n) is 1.98. The van der Waals surface area contributed by atoms with Crippen molar-refractivity contribution < 1.29 is 18.6 Å². The fourth-order valence-corrected chi connectivity index (χ4v) is 2.35. The lowest BCUT2D eigenvalue weighted by Gasteiger charge is -2.15. The largest absolute Gasteiger partial charge is 0.488 e. The lowest BCUT2D eigenvalue weighted by Crippen LogP contribution is -2.05. The predicted octanol–water partition coefficient (Wildman–Crippen LogP) is 4.67. The Hall–Kier alpha value is -1.46. The van der Waals surface area contributed by atoms with Gasteiger partial charge in [0, 0.05) is 5.56 Å². The summed E-state index contributed by atoms with van der Waals surface area (Å²) in [5, 5.41) is 9.74. The second-order valence-corrected chi connectivity index (χ2v) is 5.68. The molecule has 1 atom stereocenters. The molecule has 1 N–H and O–H groups in total. The first kappa shape index (κ1) is 15.9. The Bertz CT molecular complexity index is 657. The van der Waals surface area contributed by atoms with Gasteiger partial charge in [0.1, 0.15) is 24.0 Å². The van der Waals surface area contributed by atoms with Gasteiger partial charge in [-0.05, 0) is 54.0 Å². The minimum atomic E-state index is -0.725. The van der Waals surface area contributed by atoms with Crippen molar-refractivity contribution >= 4 is 15.9 Å². The third kappa shape index (κ3) is 3.60. The van der Waals surface area contributed by atoms with Gasteiger partial charge in [-0.3, -0.25) is 0 Å². The molecule has 2 aromatic rings. The van der Waals surface area contributed by atoms with Gasteiger partial charge >= 0.3 is 0 Å². The summed E-state index contributed by atoms with van der Waals surface area (Å²) in [4.78, 5) is 0. The Morgan fingerprint density at radius 3 is 2.62 bits per heavy atom. The zero-order valence-corrected chi connectivity index (χ0v) is 13.2. The number of aliphatic hydroxyl groups excluding tert-OH is 1. The van der Waals surface area contributed by atoms with Crippen LogP contribution in [0.25, 0.3) is 0 Å². The number of halogens is 3. The third-order valence-electron chi connectivity index (χ3n) is 3.13. The van der Waals surface area contributed by atoms with Crippen molar-refractivity contribution in [1.82, 2.24) is 0 Å². The molecule has 21 heavy (non-hydrogen) atoms. The molecule has 0 saturated heterocycles. The van der Waals surface area contributed by atoms with E-state index in [2.05, 4.69) is 15.9 Å². The summed E-state index contributed by atoms with van der Waals surface area (Å²) in [7, 11) is 0. The second kappa shape index (κ2) is 6.54. The third-order valence-corrected chi connectivity index (χ3v) is 3.74. The molecule has 5 heteroatoms. The molecule has 0 saturated carbocycles. The van der Waals surface area contributed by atoms with Crippen LogP contribution in [0.3, 0.4) is 0 Å². The number of rotatable bonds is 4. The first-order valence-corrected chi connectivity index (χ1v) is 7.23. The van der Waals surface area contributed by atoms with Crippen molar-refractivity contribution in [3.8, 4) is 5.75 Å². The van der Waals surface area contributed by atoms with Crippen molar-refractivity contribution in [2.45, 2.75) is 26.6 Å². The van der Waals surface area contributed by atoms with E-state index in [0.717, 1.165) is 5.56 Å². The SMILES string of the molecule is Cc1ccc(OCc2c(F)ccc(Br)c2F)c([C@H](C)O)c1. The molecular weight excluding hydrogens is 342 g/mol. The highest BCUT2D eigenvalue weighted by molar-refractivity contribution is 9.10. The number of aliphatic hydroxyl groups is 1. The van der Waals surface area contributed by atoms with Crippen molar-refractivity contribution in [1.29, 1.82) is 0 Å². The Kier molecular flexibility index (Phi) is 4.96. The van der Waals surface area contributed by atoms with E-state index < -0.39 is 17.7 Å². The molecule has 0 aliphatic rings. The van der Waals surface area contributed by atoms with Gasteiger partial charge in [0.25, 0.3) is 0 Å². The molecule has 0 aliphatic carbocycles. The summed E-state index contributed by atoms with van der Waals surface area (Å²) >= 11 is 3.02. The van der Waals surface area contributed by atoms with Gasteiger partial charge in [-0.25, -0.2) is 8.78 Å². The summed E-state index contributed by atoms with van der Waals surface area (Å²) < 4.78 is 33.2. The molecule has 2 nitrogen and oxygen atoms in total. The summed E-state index contributed by atoms with van der Waals surface area (Å²) in [6.07, 6.45) is -0.725. The van der Waals surface area contributed by atoms with Crippen molar-refractivity contribution in [2.75, 3.05) is 0 Å². The van der Waals surface area contributed by atoms with Crippen LogP contribution in [0, 0.1) is 18.6 Å². The standard InChI is InChI=1S/C16H15BrF2O2/c1-9-3-6-15(11(7-9)10(2)20)21-8-12-14(18)5-4-13(17)16(12)19/h3-7,10,20H,8H2,1-2H3/t10-/m0/s1. The molecule has 0 heterocycles. The van der Waals surface area contributed by atoms with E-state index >= 15 is 0 Å². The van der Waals surface area contributed by atoms with Crippen LogP contribution in [0.15, 0.2) is 34.8 Å². The molecule has 0 bridgehead atoms. The molecule has 112 valence electrons. The number of ether oxygens (including phenoxy) is 1. The number of aryl methyl sites for hydroxylation is 1. The maximum atomic E-state index is 13.9. The first-order chi connectivity index (χ1) is 9.90. The molecular formula is C16H15BrF2O2. The molecule has 0 amide bonds. The van der Waals surface area contributed by atoms with Crippen molar-refractivity contribution in [2.24, 2.45) is 0 Å². The summed E-state index contributed by atoms with van der Waals surface area (Å²) in [5.41, 5.74) is 1.41. The number of benzene rings is 2. The van der Waals surface area contributed by atoms with Gasteiger partial charge in [0.15, 0.2) is 0 Å². The van der Waals surface area contributed by atoms with Crippen LogP contribution in [0.4, 0.5) is 8.78 Å². The smallest absolute Gasteiger partial charge is 0.146 e. The maximum absolute atomic E-state index is 13.9. The quantitative estimate of drug-likeness (QED) is 0.806. The average Bonchev–Trinajstić information content (AvgIpc) is 2.44. The normalized spacial score (nSPS) is 12.3. The predicted molar refractivity (Wildman–Crippen MR) is 80.2 cm³/mol. The maximum Gasteiger partial charge on any atom is 0.146 e. The zero-order valence-electron chi connectivity index (χ0n) is 11.7. The van der Waals surface area contributed by atoms with Crippen LogP contribution >= 0.6 is 15.9 Å². The van der Waals surface area contributed by atoms with E-state index in [0.29, 0.717) is 11.3 Å². The monoisotopic (exact) mass is 356 g/mol. The van der Waals surface area contributed by atoms with Crippen LogP contribution in [-0.4, -0.2) is 5.11 Å². The molecule has 0 aliphatic heterocycles. The number of hydrogen-bond acceptors (Lipinski definition) is 2. The van der Waals surface area contributed by atoms with Gasteiger partial charge in [0.2, 0.25) is 0 Å². The van der Waals surface area contributed by atoms with Crippen molar-refractivity contribution in [3.05, 3.63) is 63.1 Å². The van der Waals surface area contributed by atoms with E-state index in [9.17, 15) is 13.9 Å². The summed E-state index contributed by atoms with van der Waals surface area (Å²) in [6, 6.07) is 7.77. The minimum Gasteiger partial charge on any atom is -0.488 e. The van der Waals surface area contributed by atoms with Gasteiger partial charge < -0.3 is 9.84 Å². The minimum absolute atomic E-state index is 0.151. The topological polar surface area (TPSA) is 29.5 Å². The molecule has 0 radical (unpaired) electrons. The van der Waals surface area contributed by atoms with Gasteiger partial charge in [-0.15, -0.1) is 0 Å². The van der Waals surface area contributed by atoms with E-state index in [4.69, 9.17) is 4.74 Å². The molecule has 0 fully saturated rings. The Morgan fingerprint density at radius 1 is 1.24 bits per heavy atom. The molecule has 0 unspecified atom stereocenters. The first-order valence-electron chi connectivity index (χ1n) is 6.44. The lowest BCUT2D eigenvalue weighted by molar-refractivity contribution is 0.189. The van der Waals surface area contributed by atoms with E-state index in [1.165, 1.54) is 12.1 Å². The van der Waals surface area contributed by atoms with Gasteiger partial charge in [0.05, 0.1) is 16.1 Å². The fraction of sp³-hybridized carbons (Fsp3) is 0.250. The lowest BCUT2D eigenvalue weighted by atomic mass is 10.1. The van der Waals surface area contributed by atoms with Crippen LogP contribution < -0.4 is 4.74 Å². The van der Waals surface area contributed by atoms with Crippen LogP contribution in [0.5, 0.6) is 5.75 Å². The highest BCUT2D eigenvalue weighted by Gasteiger charge is 2.15. The zero-order chi connectivity index (χ0) is 15.6. The number of hydrogen-bond donors (Lipinski definition) is 1. The molecule has 2 aromatic carbocycles. The van der Waals surface area contributed by atoms with Crippen molar-refractivity contribution in [3.63, 3.8) is 0 Å². The summed E-state index contributed by atoms with van der Waals surface area (Å²) in [5.74, 6) is -0.934. The molecule has 0 spiro atoms. The summed E-state index contributed by atoms with van der Waals surface area (Å²) in [6.45, 7) is 3.26. The van der Waals surface area contributed by atoms with Crippen LogP contribution in [0.2, 0.25) is 0 Å². The average molecular weight is 357 g/mol. The van der Waals surface area contributed by atoms with E-state index in [-0.39, 0.29) is 16.6 Å². The van der Waals surface area contributed by atoms with Gasteiger partial charge in [-0.1, -0.05) is 11.6 Å². The van der Waals surface area contributed by atoms with Gasteiger partial charge in [-0.2, -0.15) is 0 Å². The highest BCUT2D eigenvalue weighted by atomic mass is 79.9. The molecule has 2 rings (SSSR count). The Labute approximate surface area is 130 Å². The van der Waals surface area contributed by atoms with Crippen LogP contribution in [0.1, 0.15) is 29.7 Å².